The Labute approximate surface area is 212 Å². The Morgan fingerprint density at radius 1 is 1.08 bits per heavy atom. The number of ether oxygens (including phenoxy) is 2. The zero-order chi connectivity index (χ0) is 26.0. The minimum Gasteiger partial charge on any atom is -0.444 e. The van der Waals surface area contributed by atoms with Crippen LogP contribution in [0.3, 0.4) is 0 Å². The molecule has 36 heavy (non-hydrogen) atoms. The molecule has 1 aliphatic rings. The summed E-state index contributed by atoms with van der Waals surface area (Å²) in [6, 6.07) is 8.26. The normalized spacial score (nSPS) is 14.8. The fourth-order valence-electron chi connectivity index (χ4n) is 4.44. The molecule has 3 aromatic rings. The van der Waals surface area contributed by atoms with E-state index in [2.05, 4.69) is 35.2 Å². The maximum absolute atomic E-state index is 12.5. The zero-order valence-electron chi connectivity index (χ0n) is 22.3. The summed E-state index contributed by atoms with van der Waals surface area (Å²) in [5.41, 5.74) is 4.18. The van der Waals surface area contributed by atoms with Gasteiger partial charge in [-0.3, -0.25) is 0 Å². The van der Waals surface area contributed by atoms with Crippen LogP contribution in [0.25, 0.3) is 11.4 Å². The van der Waals surface area contributed by atoms with E-state index in [0.717, 1.165) is 35.4 Å². The summed E-state index contributed by atoms with van der Waals surface area (Å²) in [6.45, 7) is 15.1. The van der Waals surface area contributed by atoms with Gasteiger partial charge in [0.15, 0.2) is 0 Å². The van der Waals surface area contributed by atoms with Gasteiger partial charge in [0.1, 0.15) is 17.0 Å². The molecule has 0 radical (unpaired) electrons. The first-order chi connectivity index (χ1) is 17.0. The Morgan fingerprint density at radius 2 is 1.75 bits per heavy atom. The molecule has 9 heteroatoms. The number of piperidine rings is 1. The van der Waals surface area contributed by atoms with E-state index < -0.39 is 5.60 Å². The number of aromatic nitrogens is 5. The Balaban J connectivity index is 1.58. The molecule has 9 nitrogen and oxygen atoms in total. The minimum atomic E-state index is -0.511. The number of amides is 1. The van der Waals surface area contributed by atoms with E-state index in [0.29, 0.717) is 24.5 Å². The number of benzene rings is 1. The van der Waals surface area contributed by atoms with Crippen LogP contribution >= 0.6 is 0 Å². The number of aryl methyl sites for hydroxylation is 2. The van der Waals surface area contributed by atoms with E-state index in [1.54, 1.807) is 11.1 Å². The van der Waals surface area contributed by atoms with Crippen molar-refractivity contribution in [2.24, 2.45) is 0 Å². The third kappa shape index (κ3) is 6.01. The molecule has 1 fully saturated rings. The van der Waals surface area contributed by atoms with Crippen molar-refractivity contribution in [3.05, 3.63) is 47.3 Å². The first-order valence-electron chi connectivity index (χ1n) is 12.5. The van der Waals surface area contributed by atoms with Crippen molar-refractivity contribution in [1.29, 1.82) is 0 Å². The summed E-state index contributed by atoms with van der Waals surface area (Å²) >= 11 is 0. The number of rotatable bonds is 5. The molecule has 1 saturated heterocycles. The van der Waals surface area contributed by atoms with Crippen LogP contribution in [-0.2, 0) is 4.74 Å². The topological polar surface area (TPSA) is 95.3 Å². The lowest BCUT2D eigenvalue weighted by atomic mass is 10.0. The number of likely N-dealkylation sites (tertiary alicyclic amines) is 1. The van der Waals surface area contributed by atoms with Crippen LogP contribution < -0.4 is 4.74 Å². The molecule has 0 bridgehead atoms. The predicted octanol–water partition coefficient (Wildman–Crippen LogP) is 5.84. The molecule has 1 amide bonds. The first-order valence-corrected chi connectivity index (χ1v) is 12.5. The van der Waals surface area contributed by atoms with E-state index in [9.17, 15) is 4.79 Å². The summed E-state index contributed by atoms with van der Waals surface area (Å²) in [4.78, 5) is 23.3. The Morgan fingerprint density at radius 3 is 2.36 bits per heavy atom. The van der Waals surface area contributed by atoms with E-state index >= 15 is 0 Å². The summed E-state index contributed by atoms with van der Waals surface area (Å²) < 4.78 is 13.5. The van der Waals surface area contributed by atoms with Gasteiger partial charge in [-0.2, -0.15) is 4.98 Å². The summed E-state index contributed by atoms with van der Waals surface area (Å²) in [6.07, 6.45) is 2.94. The maximum Gasteiger partial charge on any atom is 0.410 e. The molecule has 3 heterocycles. The Hall–Kier alpha value is -3.49. The first kappa shape index (κ1) is 25.6. The van der Waals surface area contributed by atoms with Crippen LogP contribution in [0.5, 0.6) is 11.8 Å². The number of hydrogen-bond acceptors (Lipinski definition) is 7. The van der Waals surface area contributed by atoms with Crippen LogP contribution in [-0.4, -0.2) is 54.6 Å². The lowest BCUT2D eigenvalue weighted by Crippen LogP contribution is -2.42. The maximum atomic E-state index is 12.5. The zero-order valence-corrected chi connectivity index (χ0v) is 22.3. The lowest BCUT2D eigenvalue weighted by molar-refractivity contribution is 0.0185. The van der Waals surface area contributed by atoms with Gasteiger partial charge in [0.05, 0.1) is 17.4 Å². The van der Waals surface area contributed by atoms with Crippen LogP contribution in [0.2, 0.25) is 0 Å². The average Bonchev–Trinajstić information content (AvgIpc) is 3.23. The van der Waals surface area contributed by atoms with Gasteiger partial charge in [-0.15, -0.1) is 5.10 Å². The summed E-state index contributed by atoms with van der Waals surface area (Å²) in [5.74, 6) is 0.865. The molecular formula is C27H36N6O3. The van der Waals surface area contributed by atoms with E-state index in [1.165, 1.54) is 0 Å². The fourth-order valence-corrected chi connectivity index (χ4v) is 4.44. The largest absolute Gasteiger partial charge is 0.444 e. The second kappa shape index (κ2) is 10.2. The SMILES string of the molecule is Cc1cc(C)cc(Oc2nccc(-c3c(C(C)C)nnn3C3CCN(C(=O)OC(C)(C)C)CC3)n2)c1. The molecule has 0 spiro atoms. The van der Waals surface area contributed by atoms with E-state index in [-0.39, 0.29) is 24.1 Å². The van der Waals surface area contributed by atoms with Gasteiger partial charge in [0, 0.05) is 19.3 Å². The standard InChI is InChI=1S/C27H36N6O3/c1-17(2)23-24(22-8-11-28-25(29-22)35-21-15-18(3)14-19(4)16-21)33(31-30-23)20-9-12-32(13-10-20)26(34)36-27(5,6)7/h8,11,14-17,20H,9-10,12-13H2,1-7H3. The highest BCUT2D eigenvalue weighted by Crippen LogP contribution is 2.33. The molecule has 2 aromatic heterocycles. The number of nitrogens with zero attached hydrogens (tertiary/aromatic N) is 6. The van der Waals surface area contributed by atoms with Crippen LogP contribution in [0, 0.1) is 13.8 Å². The van der Waals surface area contributed by atoms with Crippen molar-refractivity contribution in [2.45, 2.75) is 78.9 Å². The number of carbonyl (C=O) groups is 1. The second-order valence-electron chi connectivity index (χ2n) is 10.8. The fraction of sp³-hybridized carbons (Fsp3) is 0.519. The van der Waals surface area contributed by atoms with Gasteiger partial charge in [0.25, 0.3) is 0 Å². The average molecular weight is 493 g/mol. The van der Waals surface area contributed by atoms with Crippen LogP contribution in [0.1, 0.15) is 76.2 Å². The van der Waals surface area contributed by atoms with Gasteiger partial charge in [0.2, 0.25) is 0 Å². The van der Waals surface area contributed by atoms with Gasteiger partial charge in [-0.25, -0.2) is 14.5 Å². The molecule has 0 N–H and O–H groups in total. The smallest absolute Gasteiger partial charge is 0.410 e. The molecule has 192 valence electrons. The Bertz CT molecular complexity index is 1200. The summed E-state index contributed by atoms with van der Waals surface area (Å²) in [5, 5.41) is 9.05. The lowest BCUT2D eigenvalue weighted by Gasteiger charge is -2.33. The van der Waals surface area contributed by atoms with Crippen molar-refractivity contribution in [3.8, 4) is 23.1 Å². The van der Waals surface area contributed by atoms with Gasteiger partial charge in [-0.05, 0) is 82.7 Å². The molecule has 0 atom stereocenters. The number of carbonyl (C=O) groups excluding carboxylic acids is 1. The molecular weight excluding hydrogens is 456 g/mol. The highest BCUT2D eigenvalue weighted by Gasteiger charge is 2.31. The van der Waals surface area contributed by atoms with Crippen molar-refractivity contribution >= 4 is 6.09 Å². The van der Waals surface area contributed by atoms with E-state index in [4.69, 9.17) is 14.5 Å². The minimum absolute atomic E-state index is 0.0949. The van der Waals surface area contributed by atoms with Crippen LogP contribution in [0.15, 0.2) is 30.5 Å². The third-order valence-corrected chi connectivity index (χ3v) is 6.01. The highest BCUT2D eigenvalue weighted by atomic mass is 16.6. The Kier molecular flexibility index (Phi) is 7.28. The van der Waals surface area contributed by atoms with Crippen molar-refractivity contribution in [3.63, 3.8) is 0 Å². The summed E-state index contributed by atoms with van der Waals surface area (Å²) in [7, 11) is 0. The molecule has 0 saturated carbocycles. The number of hydrogen-bond donors (Lipinski definition) is 0. The molecule has 0 aliphatic carbocycles. The molecule has 4 rings (SSSR count). The third-order valence-electron chi connectivity index (χ3n) is 6.01. The predicted molar refractivity (Wildman–Crippen MR) is 137 cm³/mol. The van der Waals surface area contributed by atoms with Gasteiger partial charge >= 0.3 is 12.1 Å². The van der Waals surface area contributed by atoms with Crippen molar-refractivity contribution in [1.82, 2.24) is 29.9 Å². The monoisotopic (exact) mass is 492 g/mol. The van der Waals surface area contributed by atoms with Gasteiger partial charge in [-0.1, -0.05) is 25.1 Å². The van der Waals surface area contributed by atoms with Crippen LogP contribution in [0.4, 0.5) is 4.79 Å². The quantitative estimate of drug-likeness (QED) is 0.441. The van der Waals surface area contributed by atoms with E-state index in [1.807, 2.05) is 57.5 Å². The molecule has 1 aromatic carbocycles. The molecule has 1 aliphatic heterocycles. The molecule has 0 unspecified atom stereocenters. The second-order valence-corrected chi connectivity index (χ2v) is 10.8. The van der Waals surface area contributed by atoms with Crippen molar-refractivity contribution < 1.29 is 14.3 Å². The van der Waals surface area contributed by atoms with Gasteiger partial charge < -0.3 is 14.4 Å². The highest BCUT2D eigenvalue weighted by molar-refractivity contribution is 5.68. The van der Waals surface area contributed by atoms with Crippen molar-refractivity contribution in [2.75, 3.05) is 13.1 Å².